The molecule has 1 aliphatic rings. The van der Waals surface area contributed by atoms with E-state index in [4.69, 9.17) is 5.73 Å². The maximum Gasteiger partial charge on any atom is 0.223 e. The van der Waals surface area contributed by atoms with E-state index in [1.54, 1.807) is 0 Å². The van der Waals surface area contributed by atoms with Gasteiger partial charge in [0.15, 0.2) is 0 Å². The summed E-state index contributed by atoms with van der Waals surface area (Å²) >= 11 is 0. The Morgan fingerprint density at radius 3 is 2.84 bits per heavy atom. The lowest BCUT2D eigenvalue weighted by atomic mass is 9.81. The molecule has 1 fully saturated rings. The molecule has 1 heterocycles. The van der Waals surface area contributed by atoms with E-state index in [0.717, 1.165) is 30.0 Å². The van der Waals surface area contributed by atoms with Crippen LogP contribution in [0.2, 0.25) is 0 Å². The normalized spacial score (nSPS) is 23.1. The van der Waals surface area contributed by atoms with Gasteiger partial charge in [0.25, 0.3) is 0 Å². The third-order valence-corrected chi connectivity index (χ3v) is 3.90. The van der Waals surface area contributed by atoms with Crippen LogP contribution >= 0.6 is 0 Å². The molecule has 2 atom stereocenters. The Morgan fingerprint density at radius 2 is 2.11 bits per heavy atom. The van der Waals surface area contributed by atoms with E-state index >= 15 is 0 Å². The van der Waals surface area contributed by atoms with Crippen molar-refractivity contribution in [3.05, 3.63) is 6.07 Å². The van der Waals surface area contributed by atoms with Crippen molar-refractivity contribution in [2.24, 2.45) is 11.8 Å². The van der Waals surface area contributed by atoms with Crippen LogP contribution in [0.5, 0.6) is 0 Å². The fraction of sp³-hybridized carbons (Fsp3) is 0.714. The maximum atomic E-state index is 5.67. The van der Waals surface area contributed by atoms with Crippen molar-refractivity contribution in [3.8, 4) is 0 Å². The van der Waals surface area contributed by atoms with E-state index in [2.05, 4.69) is 27.5 Å². The van der Waals surface area contributed by atoms with Crippen LogP contribution in [0.4, 0.5) is 17.6 Å². The molecule has 106 valence electrons. The second-order valence-corrected chi connectivity index (χ2v) is 5.60. The number of aromatic nitrogens is 2. The van der Waals surface area contributed by atoms with Crippen molar-refractivity contribution in [1.29, 1.82) is 0 Å². The molecule has 0 radical (unpaired) electrons. The van der Waals surface area contributed by atoms with Crippen LogP contribution in [0.3, 0.4) is 0 Å². The average Bonchev–Trinajstić information content (AvgIpc) is 2.38. The monoisotopic (exact) mass is 263 g/mol. The molecule has 1 saturated carbocycles. The van der Waals surface area contributed by atoms with E-state index in [9.17, 15) is 0 Å². The Balaban J connectivity index is 1.80. The van der Waals surface area contributed by atoms with E-state index in [1.165, 1.54) is 32.1 Å². The number of anilines is 3. The molecule has 0 amide bonds. The number of nitrogen functional groups attached to an aromatic ring is 1. The fourth-order valence-electron chi connectivity index (χ4n) is 2.91. The van der Waals surface area contributed by atoms with Crippen LogP contribution in [0.15, 0.2) is 6.07 Å². The molecule has 19 heavy (non-hydrogen) atoms. The summed E-state index contributed by atoms with van der Waals surface area (Å²) in [6.45, 7) is 3.32. The van der Waals surface area contributed by atoms with Crippen molar-refractivity contribution in [2.45, 2.75) is 39.0 Å². The molecule has 1 aromatic heterocycles. The molecule has 0 aromatic carbocycles. The van der Waals surface area contributed by atoms with Gasteiger partial charge in [-0.15, -0.1) is 0 Å². The van der Waals surface area contributed by atoms with Gasteiger partial charge in [0.2, 0.25) is 5.95 Å². The van der Waals surface area contributed by atoms with Crippen LogP contribution in [0.1, 0.15) is 39.0 Å². The van der Waals surface area contributed by atoms with Gasteiger partial charge in [0.05, 0.1) is 0 Å². The summed E-state index contributed by atoms with van der Waals surface area (Å²) in [6.07, 6.45) is 6.74. The third-order valence-electron chi connectivity index (χ3n) is 3.90. The first-order valence-electron chi connectivity index (χ1n) is 7.23. The number of nitrogens with two attached hydrogens (primary N) is 1. The third kappa shape index (κ3) is 4.26. The van der Waals surface area contributed by atoms with Crippen LogP contribution in [0.25, 0.3) is 0 Å². The SMILES string of the molecule is CNc1cc(NCCC2CCCC(C)C2)nc(N)n1. The molecule has 5 nitrogen and oxygen atoms in total. The first-order valence-corrected chi connectivity index (χ1v) is 7.23. The molecule has 2 rings (SSSR count). The lowest BCUT2D eigenvalue weighted by Crippen LogP contribution is -2.17. The Kier molecular flexibility index (Phi) is 4.82. The highest BCUT2D eigenvalue weighted by molar-refractivity contribution is 5.50. The van der Waals surface area contributed by atoms with Gasteiger partial charge in [-0.1, -0.05) is 26.2 Å². The molecule has 2 unspecified atom stereocenters. The van der Waals surface area contributed by atoms with Crippen molar-refractivity contribution in [2.75, 3.05) is 30.0 Å². The molecule has 0 saturated heterocycles. The van der Waals surface area contributed by atoms with Crippen LogP contribution in [0, 0.1) is 11.8 Å². The largest absolute Gasteiger partial charge is 0.373 e. The van der Waals surface area contributed by atoms with Gasteiger partial charge < -0.3 is 16.4 Å². The summed E-state index contributed by atoms with van der Waals surface area (Å²) in [4.78, 5) is 8.27. The Labute approximate surface area is 115 Å². The van der Waals surface area contributed by atoms with Crippen molar-refractivity contribution < 1.29 is 0 Å². The first-order chi connectivity index (χ1) is 9.17. The lowest BCUT2D eigenvalue weighted by molar-refractivity contribution is 0.274. The molecule has 0 spiro atoms. The highest BCUT2D eigenvalue weighted by Gasteiger charge is 2.18. The molecule has 4 N–H and O–H groups in total. The van der Waals surface area contributed by atoms with Gasteiger partial charge in [0, 0.05) is 19.7 Å². The lowest BCUT2D eigenvalue weighted by Gasteiger charge is -2.26. The summed E-state index contributed by atoms with van der Waals surface area (Å²) in [7, 11) is 1.83. The van der Waals surface area contributed by atoms with Crippen LogP contribution < -0.4 is 16.4 Å². The summed E-state index contributed by atoms with van der Waals surface area (Å²) in [5.41, 5.74) is 5.67. The molecule has 0 bridgehead atoms. The van der Waals surface area contributed by atoms with Crippen molar-refractivity contribution in [3.63, 3.8) is 0 Å². The number of rotatable bonds is 5. The highest BCUT2D eigenvalue weighted by atomic mass is 15.1. The number of hydrogen-bond acceptors (Lipinski definition) is 5. The van der Waals surface area contributed by atoms with E-state index in [1.807, 2.05) is 13.1 Å². The smallest absolute Gasteiger partial charge is 0.223 e. The number of nitrogens with one attached hydrogen (secondary N) is 2. The van der Waals surface area contributed by atoms with Crippen molar-refractivity contribution in [1.82, 2.24) is 9.97 Å². The predicted molar refractivity (Wildman–Crippen MR) is 80.2 cm³/mol. The van der Waals surface area contributed by atoms with Gasteiger partial charge in [-0.2, -0.15) is 9.97 Å². The zero-order valence-corrected chi connectivity index (χ0v) is 11.9. The van der Waals surface area contributed by atoms with E-state index in [-0.39, 0.29) is 0 Å². The minimum absolute atomic E-state index is 0.306. The topological polar surface area (TPSA) is 75.9 Å². The summed E-state index contributed by atoms with van der Waals surface area (Å²) in [5.74, 6) is 3.62. The Morgan fingerprint density at radius 1 is 1.32 bits per heavy atom. The summed E-state index contributed by atoms with van der Waals surface area (Å²) in [6, 6.07) is 1.89. The summed E-state index contributed by atoms with van der Waals surface area (Å²) < 4.78 is 0. The molecule has 1 aromatic rings. The molecule has 1 aliphatic carbocycles. The quantitative estimate of drug-likeness (QED) is 0.761. The second kappa shape index (κ2) is 6.59. The molecule has 0 aliphatic heterocycles. The first kappa shape index (κ1) is 13.9. The van der Waals surface area contributed by atoms with E-state index < -0.39 is 0 Å². The Hall–Kier alpha value is -1.52. The van der Waals surface area contributed by atoms with Gasteiger partial charge in [-0.25, -0.2) is 0 Å². The van der Waals surface area contributed by atoms with Crippen LogP contribution in [-0.4, -0.2) is 23.6 Å². The number of nitrogens with zero attached hydrogens (tertiary/aromatic N) is 2. The average molecular weight is 263 g/mol. The minimum Gasteiger partial charge on any atom is -0.373 e. The van der Waals surface area contributed by atoms with Gasteiger partial charge in [0.1, 0.15) is 11.6 Å². The Bertz CT molecular complexity index is 407. The van der Waals surface area contributed by atoms with Gasteiger partial charge >= 0.3 is 0 Å². The fourth-order valence-corrected chi connectivity index (χ4v) is 2.91. The zero-order chi connectivity index (χ0) is 13.7. The molecule has 5 heteroatoms. The zero-order valence-electron chi connectivity index (χ0n) is 11.9. The molecular formula is C14H25N5. The highest BCUT2D eigenvalue weighted by Crippen LogP contribution is 2.30. The van der Waals surface area contributed by atoms with E-state index in [0.29, 0.717) is 5.95 Å². The van der Waals surface area contributed by atoms with Crippen molar-refractivity contribution >= 4 is 17.6 Å². The van der Waals surface area contributed by atoms with Crippen LogP contribution in [-0.2, 0) is 0 Å². The predicted octanol–water partition coefficient (Wildman–Crippen LogP) is 2.73. The minimum atomic E-state index is 0.306. The van der Waals surface area contributed by atoms with Gasteiger partial charge in [-0.3, -0.25) is 0 Å². The summed E-state index contributed by atoms with van der Waals surface area (Å²) in [5, 5.41) is 6.33. The molecular weight excluding hydrogens is 238 g/mol. The maximum absolute atomic E-state index is 5.67. The number of hydrogen-bond donors (Lipinski definition) is 3. The van der Waals surface area contributed by atoms with Gasteiger partial charge in [-0.05, 0) is 24.7 Å². The second-order valence-electron chi connectivity index (χ2n) is 5.60. The standard InChI is InChI=1S/C14H25N5/c1-10-4-3-5-11(8-10)6-7-17-13-9-12(16-2)18-14(15)19-13/h9-11H,3-8H2,1-2H3,(H4,15,16,17,18,19).